The van der Waals surface area contributed by atoms with Crippen LogP contribution in [-0.2, 0) is 0 Å². The Kier molecular flexibility index (Phi) is 4.43. The van der Waals surface area contributed by atoms with Gasteiger partial charge in [0.25, 0.3) is 5.69 Å². The summed E-state index contributed by atoms with van der Waals surface area (Å²) < 4.78 is 13.5. The standard InChI is InChI=1S/C15H14ClFN2O2/c1-9-3-6-14(15(7-9)19(20)21)18-10(2)11-4-5-12(16)13(17)8-11/h3-8,10,18H,1-2H3. The first kappa shape index (κ1) is 15.3. The van der Waals surface area contributed by atoms with Gasteiger partial charge in [0, 0.05) is 12.1 Å². The molecule has 0 spiro atoms. The van der Waals surface area contributed by atoms with E-state index in [-0.39, 0.29) is 16.8 Å². The van der Waals surface area contributed by atoms with E-state index in [0.717, 1.165) is 5.56 Å². The second-order valence-electron chi connectivity index (χ2n) is 4.82. The van der Waals surface area contributed by atoms with Crippen LogP contribution >= 0.6 is 11.6 Å². The minimum absolute atomic E-state index is 0.00344. The van der Waals surface area contributed by atoms with Gasteiger partial charge in [0.1, 0.15) is 11.5 Å². The average Bonchev–Trinajstić information content (AvgIpc) is 2.43. The van der Waals surface area contributed by atoms with E-state index >= 15 is 0 Å². The van der Waals surface area contributed by atoms with Crippen molar-refractivity contribution in [2.24, 2.45) is 0 Å². The van der Waals surface area contributed by atoms with Crippen molar-refractivity contribution in [1.82, 2.24) is 0 Å². The van der Waals surface area contributed by atoms with Gasteiger partial charge in [0.05, 0.1) is 9.95 Å². The number of halogens is 2. The predicted octanol–water partition coefficient (Wildman–Crippen LogP) is 4.87. The Morgan fingerprint density at radius 3 is 2.62 bits per heavy atom. The van der Waals surface area contributed by atoms with Crippen molar-refractivity contribution in [1.29, 1.82) is 0 Å². The zero-order chi connectivity index (χ0) is 15.6. The van der Waals surface area contributed by atoms with Crippen LogP contribution in [0.5, 0.6) is 0 Å². The fourth-order valence-electron chi connectivity index (χ4n) is 2.01. The smallest absolute Gasteiger partial charge is 0.292 e. The highest BCUT2D eigenvalue weighted by Crippen LogP contribution is 2.29. The fourth-order valence-corrected chi connectivity index (χ4v) is 2.13. The number of nitrogens with zero attached hydrogens (tertiary/aromatic N) is 1. The molecule has 110 valence electrons. The molecule has 1 N–H and O–H groups in total. The summed E-state index contributed by atoms with van der Waals surface area (Å²) in [7, 11) is 0. The first-order valence-electron chi connectivity index (χ1n) is 6.35. The summed E-state index contributed by atoms with van der Waals surface area (Å²) in [6, 6.07) is 9.10. The summed E-state index contributed by atoms with van der Waals surface area (Å²) in [5, 5.41) is 14.2. The second kappa shape index (κ2) is 6.10. The lowest BCUT2D eigenvalue weighted by atomic mass is 10.1. The molecular weight excluding hydrogens is 295 g/mol. The Morgan fingerprint density at radius 1 is 1.29 bits per heavy atom. The first-order chi connectivity index (χ1) is 9.88. The van der Waals surface area contributed by atoms with Crippen molar-refractivity contribution in [2.75, 3.05) is 5.32 Å². The molecule has 2 aromatic rings. The SMILES string of the molecule is Cc1ccc(NC(C)c2ccc(Cl)c(F)c2)c([N+](=O)[O-])c1. The molecule has 4 nitrogen and oxygen atoms in total. The third kappa shape index (κ3) is 3.49. The Balaban J connectivity index is 2.29. The molecule has 21 heavy (non-hydrogen) atoms. The first-order valence-corrected chi connectivity index (χ1v) is 6.73. The molecule has 0 heterocycles. The van der Waals surface area contributed by atoms with Crippen LogP contribution in [0.25, 0.3) is 0 Å². The summed E-state index contributed by atoms with van der Waals surface area (Å²) >= 11 is 5.65. The van der Waals surface area contributed by atoms with Gasteiger partial charge in [-0.1, -0.05) is 23.7 Å². The highest BCUT2D eigenvalue weighted by molar-refractivity contribution is 6.30. The van der Waals surface area contributed by atoms with Gasteiger partial charge in [-0.05, 0) is 43.2 Å². The Bertz CT molecular complexity index is 691. The van der Waals surface area contributed by atoms with E-state index in [1.54, 1.807) is 32.0 Å². The topological polar surface area (TPSA) is 55.2 Å². The molecular formula is C15H14ClFN2O2. The molecule has 0 aliphatic carbocycles. The minimum atomic E-state index is -0.513. The quantitative estimate of drug-likeness (QED) is 0.647. The lowest BCUT2D eigenvalue weighted by Gasteiger charge is -2.16. The van der Waals surface area contributed by atoms with Crippen LogP contribution < -0.4 is 5.32 Å². The van der Waals surface area contributed by atoms with Crippen LogP contribution in [0.15, 0.2) is 36.4 Å². The number of nitro benzene ring substituents is 1. The van der Waals surface area contributed by atoms with Gasteiger partial charge in [0.2, 0.25) is 0 Å². The highest BCUT2D eigenvalue weighted by Gasteiger charge is 2.16. The van der Waals surface area contributed by atoms with Crippen LogP contribution in [0.1, 0.15) is 24.1 Å². The highest BCUT2D eigenvalue weighted by atomic mass is 35.5. The number of nitro groups is 1. The second-order valence-corrected chi connectivity index (χ2v) is 5.22. The molecule has 0 amide bonds. The molecule has 1 atom stereocenters. The molecule has 0 aromatic heterocycles. The van der Waals surface area contributed by atoms with E-state index in [2.05, 4.69) is 5.32 Å². The van der Waals surface area contributed by atoms with Crippen molar-refractivity contribution in [2.45, 2.75) is 19.9 Å². The van der Waals surface area contributed by atoms with E-state index in [4.69, 9.17) is 11.6 Å². The number of rotatable bonds is 4. The average molecular weight is 309 g/mol. The van der Waals surface area contributed by atoms with Crippen LogP contribution in [0.2, 0.25) is 5.02 Å². The van der Waals surface area contributed by atoms with Gasteiger partial charge in [-0.3, -0.25) is 10.1 Å². The zero-order valence-electron chi connectivity index (χ0n) is 11.6. The van der Waals surface area contributed by atoms with Gasteiger partial charge in [0.15, 0.2) is 0 Å². The Morgan fingerprint density at radius 2 is 2.00 bits per heavy atom. The molecule has 0 fully saturated rings. The van der Waals surface area contributed by atoms with Gasteiger partial charge in [-0.2, -0.15) is 0 Å². The summed E-state index contributed by atoms with van der Waals surface area (Å²) in [5.41, 5.74) is 1.86. The van der Waals surface area contributed by atoms with E-state index in [1.165, 1.54) is 18.2 Å². The molecule has 0 bridgehead atoms. The Hall–Kier alpha value is -2.14. The van der Waals surface area contributed by atoms with Gasteiger partial charge in [-0.15, -0.1) is 0 Å². The van der Waals surface area contributed by atoms with Gasteiger partial charge >= 0.3 is 0 Å². The van der Waals surface area contributed by atoms with E-state index in [9.17, 15) is 14.5 Å². The third-order valence-electron chi connectivity index (χ3n) is 3.17. The van der Waals surface area contributed by atoms with Crippen molar-refractivity contribution in [3.8, 4) is 0 Å². The van der Waals surface area contributed by atoms with E-state index < -0.39 is 10.7 Å². The van der Waals surface area contributed by atoms with Crippen molar-refractivity contribution < 1.29 is 9.31 Å². The lowest BCUT2D eigenvalue weighted by Crippen LogP contribution is -2.08. The number of hydrogen-bond donors (Lipinski definition) is 1. The normalized spacial score (nSPS) is 12.0. The van der Waals surface area contributed by atoms with E-state index in [1.807, 2.05) is 0 Å². The van der Waals surface area contributed by atoms with Gasteiger partial charge < -0.3 is 5.32 Å². The maximum Gasteiger partial charge on any atom is 0.292 e. The lowest BCUT2D eigenvalue weighted by molar-refractivity contribution is -0.384. The number of benzene rings is 2. The van der Waals surface area contributed by atoms with Crippen LogP contribution in [0.3, 0.4) is 0 Å². The van der Waals surface area contributed by atoms with Gasteiger partial charge in [-0.25, -0.2) is 4.39 Å². The van der Waals surface area contributed by atoms with Crippen LogP contribution in [-0.4, -0.2) is 4.92 Å². The fraction of sp³-hybridized carbons (Fsp3) is 0.200. The molecule has 2 rings (SSSR count). The molecule has 0 aliphatic rings. The molecule has 0 radical (unpaired) electrons. The Labute approximate surface area is 126 Å². The summed E-state index contributed by atoms with van der Waals surface area (Å²) in [5.74, 6) is -0.513. The van der Waals surface area contributed by atoms with Crippen LogP contribution in [0, 0.1) is 22.9 Å². The zero-order valence-corrected chi connectivity index (χ0v) is 12.3. The molecule has 0 saturated heterocycles. The van der Waals surface area contributed by atoms with Crippen molar-refractivity contribution in [3.05, 3.63) is 68.5 Å². The number of nitrogens with one attached hydrogen (secondary N) is 1. The summed E-state index contributed by atoms with van der Waals surface area (Å²) in [4.78, 5) is 10.6. The number of aryl methyl sites for hydroxylation is 1. The van der Waals surface area contributed by atoms with Crippen molar-refractivity contribution in [3.63, 3.8) is 0 Å². The maximum atomic E-state index is 13.5. The minimum Gasteiger partial charge on any atom is -0.373 e. The number of hydrogen-bond acceptors (Lipinski definition) is 3. The van der Waals surface area contributed by atoms with E-state index in [0.29, 0.717) is 11.3 Å². The monoisotopic (exact) mass is 308 g/mol. The molecule has 2 aromatic carbocycles. The summed E-state index contributed by atoms with van der Waals surface area (Å²) in [6.07, 6.45) is 0. The number of anilines is 1. The van der Waals surface area contributed by atoms with Crippen LogP contribution in [0.4, 0.5) is 15.8 Å². The molecule has 1 unspecified atom stereocenters. The third-order valence-corrected chi connectivity index (χ3v) is 3.47. The predicted molar refractivity (Wildman–Crippen MR) is 81.3 cm³/mol. The molecule has 0 saturated carbocycles. The largest absolute Gasteiger partial charge is 0.373 e. The maximum absolute atomic E-state index is 13.5. The van der Waals surface area contributed by atoms with Crippen molar-refractivity contribution >= 4 is 23.0 Å². The molecule has 0 aliphatic heterocycles. The summed E-state index contributed by atoms with van der Waals surface area (Å²) in [6.45, 7) is 3.58. The molecule has 6 heteroatoms.